The van der Waals surface area contributed by atoms with Crippen molar-refractivity contribution in [3.05, 3.63) is 29.8 Å². The number of rotatable bonds is 9. The number of hydrogen-bond acceptors (Lipinski definition) is 2. The average molecular weight is 291 g/mol. The summed E-state index contributed by atoms with van der Waals surface area (Å²) in [5.74, 6) is -0.899. The molecule has 0 aliphatic carbocycles. The van der Waals surface area contributed by atoms with Gasteiger partial charge in [-0.1, -0.05) is 32.4 Å². The Kier molecular flexibility index (Phi) is 7.51. The summed E-state index contributed by atoms with van der Waals surface area (Å²) >= 11 is 0. The van der Waals surface area contributed by atoms with E-state index in [2.05, 4.69) is 6.92 Å². The van der Waals surface area contributed by atoms with Gasteiger partial charge in [0.1, 0.15) is 0 Å². The van der Waals surface area contributed by atoms with Crippen LogP contribution in [0.15, 0.2) is 24.3 Å². The molecule has 116 valence electrons. The molecule has 21 heavy (non-hydrogen) atoms. The minimum Gasteiger partial charge on any atom is -0.481 e. The van der Waals surface area contributed by atoms with E-state index in [1.807, 2.05) is 31.2 Å². The number of carbonyl (C=O) groups is 2. The van der Waals surface area contributed by atoms with Crippen molar-refractivity contribution in [2.24, 2.45) is 0 Å². The number of benzene rings is 1. The quantitative estimate of drug-likeness (QED) is 0.755. The SMILES string of the molecule is CCCCc1ccc(N(CCC(=O)O)C(=O)CCC)cc1. The Hall–Kier alpha value is -1.84. The fraction of sp³-hybridized carbons (Fsp3) is 0.529. The molecule has 1 rings (SSSR count). The molecular formula is C17H25NO3. The molecule has 0 saturated carbocycles. The zero-order valence-corrected chi connectivity index (χ0v) is 13.0. The van der Waals surface area contributed by atoms with Crippen molar-refractivity contribution < 1.29 is 14.7 Å². The number of anilines is 1. The number of hydrogen-bond donors (Lipinski definition) is 1. The first-order valence-corrected chi connectivity index (χ1v) is 7.69. The Morgan fingerprint density at radius 1 is 1.05 bits per heavy atom. The van der Waals surface area contributed by atoms with Crippen LogP contribution in [0.5, 0.6) is 0 Å². The van der Waals surface area contributed by atoms with Crippen LogP contribution in [0, 0.1) is 0 Å². The minimum atomic E-state index is -0.885. The fourth-order valence-corrected chi connectivity index (χ4v) is 2.18. The molecule has 0 radical (unpaired) electrons. The highest BCUT2D eigenvalue weighted by atomic mass is 16.4. The van der Waals surface area contributed by atoms with Gasteiger partial charge in [0.15, 0.2) is 0 Å². The number of aryl methyl sites for hydroxylation is 1. The first-order valence-electron chi connectivity index (χ1n) is 7.69. The van der Waals surface area contributed by atoms with E-state index in [1.165, 1.54) is 5.56 Å². The molecule has 1 aromatic rings. The van der Waals surface area contributed by atoms with Crippen molar-refractivity contribution in [3.8, 4) is 0 Å². The van der Waals surface area contributed by atoms with E-state index in [-0.39, 0.29) is 18.9 Å². The van der Waals surface area contributed by atoms with Crippen LogP contribution in [0.25, 0.3) is 0 Å². The summed E-state index contributed by atoms with van der Waals surface area (Å²) in [7, 11) is 0. The van der Waals surface area contributed by atoms with E-state index in [9.17, 15) is 9.59 Å². The lowest BCUT2D eigenvalue weighted by Gasteiger charge is -2.22. The lowest BCUT2D eigenvalue weighted by Crippen LogP contribution is -2.32. The van der Waals surface area contributed by atoms with Crippen LogP contribution < -0.4 is 4.90 Å². The first-order chi connectivity index (χ1) is 10.1. The molecule has 0 aromatic heterocycles. The van der Waals surface area contributed by atoms with E-state index in [0.29, 0.717) is 6.42 Å². The Balaban J connectivity index is 2.81. The van der Waals surface area contributed by atoms with Crippen LogP contribution in [0.2, 0.25) is 0 Å². The summed E-state index contributed by atoms with van der Waals surface area (Å²) in [6.45, 7) is 4.33. The summed E-state index contributed by atoms with van der Waals surface area (Å²) in [6.07, 6.45) is 4.51. The van der Waals surface area contributed by atoms with E-state index < -0.39 is 5.97 Å². The summed E-state index contributed by atoms with van der Waals surface area (Å²) in [5.41, 5.74) is 2.04. The highest BCUT2D eigenvalue weighted by Gasteiger charge is 2.16. The van der Waals surface area contributed by atoms with Gasteiger partial charge in [0, 0.05) is 18.7 Å². The smallest absolute Gasteiger partial charge is 0.305 e. The molecule has 4 heteroatoms. The topological polar surface area (TPSA) is 57.6 Å². The molecule has 0 spiro atoms. The van der Waals surface area contributed by atoms with Gasteiger partial charge >= 0.3 is 5.97 Å². The summed E-state index contributed by atoms with van der Waals surface area (Å²) in [4.78, 5) is 24.5. The van der Waals surface area contributed by atoms with Crippen molar-refractivity contribution in [1.29, 1.82) is 0 Å². The number of aliphatic carboxylic acids is 1. The summed E-state index contributed by atoms with van der Waals surface area (Å²) < 4.78 is 0. The van der Waals surface area contributed by atoms with E-state index in [0.717, 1.165) is 31.4 Å². The van der Waals surface area contributed by atoms with Gasteiger partial charge in [-0.25, -0.2) is 0 Å². The lowest BCUT2D eigenvalue weighted by molar-refractivity contribution is -0.136. The van der Waals surface area contributed by atoms with Gasteiger partial charge in [0.05, 0.1) is 6.42 Å². The van der Waals surface area contributed by atoms with Crippen LogP contribution in [-0.2, 0) is 16.0 Å². The summed E-state index contributed by atoms with van der Waals surface area (Å²) in [5, 5.41) is 8.82. The minimum absolute atomic E-state index is 0.0138. The number of carboxylic acid groups (broad SMARTS) is 1. The van der Waals surface area contributed by atoms with Gasteiger partial charge in [0.2, 0.25) is 5.91 Å². The third-order valence-electron chi connectivity index (χ3n) is 3.38. The van der Waals surface area contributed by atoms with Crippen molar-refractivity contribution in [2.45, 2.75) is 52.4 Å². The van der Waals surface area contributed by atoms with Crippen LogP contribution in [-0.4, -0.2) is 23.5 Å². The van der Waals surface area contributed by atoms with Crippen molar-refractivity contribution in [2.75, 3.05) is 11.4 Å². The molecule has 1 amide bonds. The lowest BCUT2D eigenvalue weighted by atomic mass is 10.1. The van der Waals surface area contributed by atoms with Gasteiger partial charge < -0.3 is 10.0 Å². The van der Waals surface area contributed by atoms with Crippen LogP contribution in [0.1, 0.15) is 51.5 Å². The Labute approximate surface area is 126 Å². The molecule has 0 aliphatic heterocycles. The second-order valence-corrected chi connectivity index (χ2v) is 5.21. The van der Waals surface area contributed by atoms with Gasteiger partial charge in [-0.3, -0.25) is 9.59 Å². The van der Waals surface area contributed by atoms with Gasteiger partial charge in [-0.2, -0.15) is 0 Å². The van der Waals surface area contributed by atoms with Gasteiger partial charge in [-0.05, 0) is 37.0 Å². The maximum atomic E-state index is 12.1. The maximum absolute atomic E-state index is 12.1. The molecule has 1 N–H and O–H groups in total. The maximum Gasteiger partial charge on any atom is 0.305 e. The normalized spacial score (nSPS) is 10.4. The number of carbonyl (C=O) groups excluding carboxylic acids is 1. The molecule has 0 bridgehead atoms. The Morgan fingerprint density at radius 2 is 1.71 bits per heavy atom. The third kappa shape index (κ3) is 5.98. The van der Waals surface area contributed by atoms with E-state index in [4.69, 9.17) is 5.11 Å². The molecule has 0 atom stereocenters. The monoisotopic (exact) mass is 291 g/mol. The summed E-state index contributed by atoms with van der Waals surface area (Å²) in [6, 6.07) is 7.89. The predicted molar refractivity (Wildman–Crippen MR) is 84.6 cm³/mol. The zero-order valence-electron chi connectivity index (χ0n) is 13.0. The number of carboxylic acids is 1. The predicted octanol–water partition coefficient (Wildman–Crippen LogP) is 3.64. The Morgan fingerprint density at radius 3 is 2.24 bits per heavy atom. The van der Waals surface area contributed by atoms with Crippen molar-refractivity contribution >= 4 is 17.6 Å². The molecule has 0 saturated heterocycles. The van der Waals surface area contributed by atoms with E-state index in [1.54, 1.807) is 4.90 Å². The van der Waals surface area contributed by atoms with Crippen molar-refractivity contribution in [3.63, 3.8) is 0 Å². The molecule has 0 fully saturated rings. The van der Waals surface area contributed by atoms with E-state index >= 15 is 0 Å². The second kappa shape index (κ2) is 9.16. The fourth-order valence-electron chi connectivity index (χ4n) is 2.18. The van der Waals surface area contributed by atoms with Crippen molar-refractivity contribution in [1.82, 2.24) is 0 Å². The van der Waals surface area contributed by atoms with Gasteiger partial charge in [0.25, 0.3) is 0 Å². The Bertz CT molecular complexity index is 454. The van der Waals surface area contributed by atoms with Gasteiger partial charge in [-0.15, -0.1) is 0 Å². The highest BCUT2D eigenvalue weighted by Crippen LogP contribution is 2.18. The standard InChI is InChI=1S/C17H25NO3/c1-3-5-7-14-8-10-15(11-9-14)18(13-12-17(20)21)16(19)6-4-2/h8-11H,3-7,12-13H2,1-2H3,(H,20,21). The number of unbranched alkanes of at least 4 members (excludes halogenated alkanes) is 1. The number of amides is 1. The largest absolute Gasteiger partial charge is 0.481 e. The average Bonchev–Trinajstić information content (AvgIpc) is 2.46. The first kappa shape index (κ1) is 17.2. The third-order valence-corrected chi connectivity index (χ3v) is 3.38. The molecule has 0 aliphatic rings. The molecular weight excluding hydrogens is 266 g/mol. The van der Waals surface area contributed by atoms with Crippen LogP contribution in [0.3, 0.4) is 0 Å². The van der Waals surface area contributed by atoms with Crippen LogP contribution in [0.4, 0.5) is 5.69 Å². The molecule has 0 unspecified atom stereocenters. The molecule has 4 nitrogen and oxygen atoms in total. The molecule has 1 aromatic carbocycles. The van der Waals surface area contributed by atoms with Crippen LogP contribution >= 0.6 is 0 Å². The zero-order chi connectivity index (χ0) is 15.7. The highest BCUT2D eigenvalue weighted by molar-refractivity contribution is 5.93. The second-order valence-electron chi connectivity index (χ2n) is 5.21. The number of nitrogens with zero attached hydrogens (tertiary/aromatic N) is 1. The molecule has 0 heterocycles.